The largest absolute Gasteiger partial charge is 0.497 e. The molecule has 0 saturated carbocycles. The third-order valence-corrected chi connectivity index (χ3v) is 4.38. The zero-order chi connectivity index (χ0) is 17.6. The third-order valence-electron chi connectivity index (χ3n) is 4.38. The molecule has 0 aliphatic carbocycles. The summed E-state index contributed by atoms with van der Waals surface area (Å²) >= 11 is 0. The first-order valence-electron chi connectivity index (χ1n) is 7.53. The molecule has 1 fully saturated rings. The van der Waals surface area contributed by atoms with E-state index in [0.29, 0.717) is 16.8 Å². The van der Waals surface area contributed by atoms with Crippen LogP contribution in [0.25, 0.3) is 10.8 Å². The summed E-state index contributed by atoms with van der Waals surface area (Å²) < 4.78 is 6.69. The fourth-order valence-electron chi connectivity index (χ4n) is 3.10. The Bertz CT molecular complexity index is 978. The number of methoxy groups -OCH3 is 1. The van der Waals surface area contributed by atoms with E-state index in [2.05, 4.69) is 20.8 Å². The number of benzene rings is 1. The molecule has 9 heteroatoms. The van der Waals surface area contributed by atoms with Gasteiger partial charge in [-0.1, -0.05) is 0 Å². The molecular weight excluding hydrogens is 326 g/mol. The summed E-state index contributed by atoms with van der Waals surface area (Å²) in [5, 5.41) is 23.4. The zero-order valence-corrected chi connectivity index (χ0v) is 13.2. The van der Waals surface area contributed by atoms with Gasteiger partial charge in [-0.2, -0.15) is 5.10 Å². The molecule has 2 aromatic heterocycles. The van der Waals surface area contributed by atoms with Gasteiger partial charge in [0.25, 0.3) is 5.91 Å². The van der Waals surface area contributed by atoms with E-state index in [1.807, 2.05) is 0 Å². The number of nitrogens with zero attached hydrogens (tertiary/aromatic N) is 2. The second kappa shape index (κ2) is 5.26. The SMILES string of the molecule is COc1ccc2cn(C[C@@]3(c4ccn[nH]4)NC(=O)NC3=O)c(O)c2c1. The van der Waals surface area contributed by atoms with E-state index in [0.717, 1.165) is 5.39 Å². The minimum atomic E-state index is -1.38. The van der Waals surface area contributed by atoms with Gasteiger partial charge in [0, 0.05) is 23.2 Å². The van der Waals surface area contributed by atoms with Crippen molar-refractivity contribution in [1.82, 2.24) is 25.4 Å². The fourth-order valence-corrected chi connectivity index (χ4v) is 3.10. The number of imide groups is 1. The van der Waals surface area contributed by atoms with Crippen LogP contribution < -0.4 is 15.4 Å². The molecule has 0 spiro atoms. The molecule has 4 N–H and O–H groups in total. The molecule has 1 saturated heterocycles. The number of urea groups is 1. The highest BCUT2D eigenvalue weighted by Gasteiger charge is 2.49. The standard InChI is InChI=1S/C16H15N5O4/c1-25-10-3-2-9-7-21(13(22)11(9)6-10)8-16(12-4-5-17-20-12)14(23)18-15(24)19-16/h2-7,22H,8H2,1H3,(H,17,20)(H2,18,19,23,24)/t16-/m0/s1. The van der Waals surface area contributed by atoms with Crippen molar-refractivity contribution < 1.29 is 19.4 Å². The lowest BCUT2D eigenvalue weighted by Crippen LogP contribution is -2.47. The second-order valence-electron chi connectivity index (χ2n) is 5.82. The number of carbonyl (C=O) groups excluding carboxylic acids is 2. The topological polar surface area (TPSA) is 121 Å². The van der Waals surface area contributed by atoms with Crippen molar-refractivity contribution in [2.45, 2.75) is 12.1 Å². The maximum absolute atomic E-state index is 12.5. The lowest BCUT2D eigenvalue weighted by molar-refractivity contribution is -0.125. The average molecular weight is 341 g/mol. The lowest BCUT2D eigenvalue weighted by atomic mass is 9.95. The Labute approximate surface area is 141 Å². The lowest BCUT2D eigenvalue weighted by Gasteiger charge is -2.25. The highest BCUT2D eigenvalue weighted by Crippen LogP contribution is 2.34. The van der Waals surface area contributed by atoms with E-state index in [1.54, 1.807) is 37.6 Å². The van der Waals surface area contributed by atoms with Crippen LogP contribution in [0.15, 0.2) is 36.7 Å². The number of nitrogens with one attached hydrogen (secondary N) is 3. The summed E-state index contributed by atoms with van der Waals surface area (Å²) in [4.78, 5) is 24.2. The van der Waals surface area contributed by atoms with Crippen molar-refractivity contribution in [3.63, 3.8) is 0 Å². The van der Waals surface area contributed by atoms with Crippen LogP contribution in [0.3, 0.4) is 0 Å². The van der Waals surface area contributed by atoms with Gasteiger partial charge in [-0.05, 0) is 24.3 Å². The van der Waals surface area contributed by atoms with Gasteiger partial charge in [-0.3, -0.25) is 15.2 Å². The van der Waals surface area contributed by atoms with Crippen LogP contribution in [-0.4, -0.2) is 38.9 Å². The average Bonchev–Trinajstić information content (AvgIpc) is 3.29. The van der Waals surface area contributed by atoms with E-state index in [4.69, 9.17) is 4.74 Å². The first-order chi connectivity index (χ1) is 12.0. The number of hydrogen-bond acceptors (Lipinski definition) is 5. The van der Waals surface area contributed by atoms with Gasteiger partial charge in [0.1, 0.15) is 5.75 Å². The molecule has 0 radical (unpaired) electrons. The number of aromatic nitrogens is 3. The number of aromatic amines is 1. The van der Waals surface area contributed by atoms with Crippen molar-refractivity contribution in [3.8, 4) is 11.6 Å². The van der Waals surface area contributed by atoms with E-state index in [-0.39, 0.29) is 12.4 Å². The molecule has 3 aromatic rings. The molecule has 128 valence electrons. The Balaban J connectivity index is 1.82. The molecule has 9 nitrogen and oxygen atoms in total. The minimum Gasteiger partial charge on any atom is -0.497 e. The molecule has 0 bridgehead atoms. The Morgan fingerprint density at radius 1 is 1.32 bits per heavy atom. The van der Waals surface area contributed by atoms with Crippen LogP contribution in [0.2, 0.25) is 0 Å². The number of carbonyl (C=O) groups is 2. The van der Waals surface area contributed by atoms with E-state index in [9.17, 15) is 14.7 Å². The fraction of sp³-hybridized carbons (Fsp3) is 0.188. The maximum atomic E-state index is 12.5. The Kier molecular flexibility index (Phi) is 3.17. The van der Waals surface area contributed by atoms with Crippen molar-refractivity contribution in [2.24, 2.45) is 0 Å². The smallest absolute Gasteiger partial charge is 0.322 e. The quantitative estimate of drug-likeness (QED) is 0.523. The summed E-state index contributed by atoms with van der Waals surface area (Å²) in [7, 11) is 1.54. The highest BCUT2D eigenvalue weighted by molar-refractivity contribution is 6.07. The van der Waals surface area contributed by atoms with Gasteiger partial charge in [-0.25, -0.2) is 4.79 Å². The predicted octanol–water partition coefficient (Wildman–Crippen LogP) is 0.814. The van der Waals surface area contributed by atoms with E-state index in [1.165, 1.54) is 10.8 Å². The van der Waals surface area contributed by atoms with E-state index < -0.39 is 17.5 Å². The number of H-pyrrole nitrogens is 1. The van der Waals surface area contributed by atoms with Crippen LogP contribution in [0, 0.1) is 0 Å². The molecule has 1 aliphatic rings. The first kappa shape index (κ1) is 15.1. The van der Waals surface area contributed by atoms with Gasteiger partial charge < -0.3 is 19.7 Å². The van der Waals surface area contributed by atoms with Crippen molar-refractivity contribution >= 4 is 22.7 Å². The number of rotatable bonds is 4. The normalized spacial score (nSPS) is 19.9. The number of amides is 3. The number of hydrogen-bond donors (Lipinski definition) is 4. The summed E-state index contributed by atoms with van der Waals surface area (Å²) in [5.74, 6) is 0.0639. The van der Waals surface area contributed by atoms with Gasteiger partial charge in [-0.15, -0.1) is 0 Å². The summed E-state index contributed by atoms with van der Waals surface area (Å²) in [6.07, 6.45) is 3.20. The molecule has 1 atom stereocenters. The van der Waals surface area contributed by atoms with Crippen LogP contribution in [0.4, 0.5) is 4.79 Å². The number of fused-ring (bicyclic) bond motifs is 1. The highest BCUT2D eigenvalue weighted by atomic mass is 16.5. The van der Waals surface area contributed by atoms with Crippen molar-refractivity contribution in [2.75, 3.05) is 7.11 Å². The first-order valence-corrected chi connectivity index (χ1v) is 7.53. The predicted molar refractivity (Wildman–Crippen MR) is 87.1 cm³/mol. The second-order valence-corrected chi connectivity index (χ2v) is 5.82. The maximum Gasteiger partial charge on any atom is 0.322 e. The molecular formula is C16H15N5O4. The Morgan fingerprint density at radius 2 is 2.16 bits per heavy atom. The Morgan fingerprint density at radius 3 is 2.80 bits per heavy atom. The van der Waals surface area contributed by atoms with Crippen LogP contribution in [0.1, 0.15) is 5.69 Å². The van der Waals surface area contributed by atoms with Crippen LogP contribution >= 0.6 is 0 Å². The molecule has 1 aliphatic heterocycles. The monoisotopic (exact) mass is 341 g/mol. The molecule has 0 unspecified atom stereocenters. The zero-order valence-electron chi connectivity index (χ0n) is 13.2. The Hall–Kier alpha value is -3.49. The van der Waals surface area contributed by atoms with Gasteiger partial charge >= 0.3 is 6.03 Å². The number of aromatic hydroxyl groups is 1. The van der Waals surface area contributed by atoms with E-state index >= 15 is 0 Å². The molecule has 3 amide bonds. The number of ether oxygens (including phenoxy) is 1. The van der Waals surface area contributed by atoms with Gasteiger partial charge in [0.05, 0.1) is 19.3 Å². The molecule has 3 heterocycles. The third kappa shape index (κ3) is 2.20. The summed E-state index contributed by atoms with van der Waals surface area (Å²) in [6, 6.07) is 6.30. The van der Waals surface area contributed by atoms with Gasteiger partial charge in [0.15, 0.2) is 11.4 Å². The van der Waals surface area contributed by atoms with Crippen molar-refractivity contribution in [3.05, 3.63) is 42.4 Å². The summed E-state index contributed by atoms with van der Waals surface area (Å²) in [5.41, 5.74) is -0.963. The van der Waals surface area contributed by atoms with Crippen LogP contribution in [0.5, 0.6) is 11.6 Å². The summed E-state index contributed by atoms with van der Waals surface area (Å²) in [6.45, 7) is -0.00437. The molecule has 25 heavy (non-hydrogen) atoms. The van der Waals surface area contributed by atoms with Crippen molar-refractivity contribution in [1.29, 1.82) is 0 Å². The minimum absolute atomic E-state index is 0.00437. The molecule has 1 aromatic carbocycles. The van der Waals surface area contributed by atoms with Crippen LogP contribution in [-0.2, 0) is 16.9 Å². The molecule has 4 rings (SSSR count). The van der Waals surface area contributed by atoms with Gasteiger partial charge in [0.2, 0.25) is 0 Å².